The fraction of sp³-hybridized carbons (Fsp3) is 0.276. The molecule has 0 unspecified atom stereocenters. The quantitative estimate of drug-likeness (QED) is 0.228. The largest absolute Gasteiger partial charge is 0.490 e. The highest BCUT2D eigenvalue weighted by Crippen LogP contribution is 2.33. The number of fused-ring (bicyclic) bond motifs is 1. The summed E-state index contributed by atoms with van der Waals surface area (Å²) in [6, 6.07) is 21.1. The molecule has 5 rings (SSSR count). The van der Waals surface area contributed by atoms with Gasteiger partial charge in [-0.2, -0.15) is 13.2 Å². The first-order valence-electron chi connectivity index (χ1n) is 12.7. The van der Waals surface area contributed by atoms with Gasteiger partial charge < -0.3 is 10.8 Å². The third-order valence-electron chi connectivity index (χ3n) is 6.68. The number of aliphatic carboxylic acids is 1. The Hall–Kier alpha value is -4.03. The van der Waals surface area contributed by atoms with E-state index in [-0.39, 0.29) is 11.8 Å². The van der Waals surface area contributed by atoms with E-state index in [4.69, 9.17) is 20.6 Å². The smallest absolute Gasteiger partial charge is 0.475 e. The highest BCUT2D eigenvalue weighted by molar-refractivity contribution is 7.98. The van der Waals surface area contributed by atoms with Crippen LogP contribution in [-0.2, 0) is 16.1 Å². The second-order valence-corrected chi connectivity index (χ2v) is 10.2. The van der Waals surface area contributed by atoms with Gasteiger partial charge in [-0.05, 0) is 49.4 Å². The number of carbonyl (C=O) groups is 2. The number of benzene rings is 2. The van der Waals surface area contributed by atoms with Crippen molar-refractivity contribution in [1.29, 1.82) is 0 Å². The molecule has 0 aliphatic carbocycles. The number of piperidine rings is 1. The van der Waals surface area contributed by atoms with Crippen molar-refractivity contribution in [3.05, 3.63) is 72.4 Å². The number of nitrogens with two attached hydrogens (primary N) is 1. The number of nitrogens with zero attached hydrogens (tertiary/aromatic N) is 4. The van der Waals surface area contributed by atoms with Crippen LogP contribution < -0.4 is 5.73 Å². The van der Waals surface area contributed by atoms with Crippen LogP contribution in [0.4, 0.5) is 13.2 Å². The van der Waals surface area contributed by atoms with E-state index in [0.717, 1.165) is 60.2 Å². The molecule has 3 N–H and O–H groups in total. The molecule has 0 bridgehead atoms. The van der Waals surface area contributed by atoms with Crippen molar-refractivity contribution in [2.45, 2.75) is 30.7 Å². The molecule has 1 saturated heterocycles. The van der Waals surface area contributed by atoms with Gasteiger partial charge in [0.1, 0.15) is 0 Å². The van der Waals surface area contributed by atoms with Crippen molar-refractivity contribution in [1.82, 2.24) is 19.9 Å². The van der Waals surface area contributed by atoms with Gasteiger partial charge in [0.15, 0.2) is 10.8 Å². The number of hydrogen-bond acceptors (Lipinski definition) is 7. The van der Waals surface area contributed by atoms with Crippen LogP contribution in [0, 0.1) is 5.92 Å². The van der Waals surface area contributed by atoms with Crippen molar-refractivity contribution in [3.8, 4) is 22.4 Å². The Balaban J connectivity index is 0.000000493. The second-order valence-electron chi connectivity index (χ2n) is 9.47. The van der Waals surface area contributed by atoms with Gasteiger partial charge in [0, 0.05) is 35.2 Å². The number of carbonyl (C=O) groups excluding carboxylic acids is 1. The van der Waals surface area contributed by atoms with Crippen LogP contribution >= 0.6 is 11.8 Å². The Bertz CT molecular complexity index is 1510. The number of primary amides is 1. The average Bonchev–Trinajstić information content (AvgIpc) is 2.97. The molecule has 1 amide bonds. The van der Waals surface area contributed by atoms with Gasteiger partial charge in [-0.1, -0.05) is 66.4 Å². The lowest BCUT2D eigenvalue weighted by molar-refractivity contribution is -0.192. The summed E-state index contributed by atoms with van der Waals surface area (Å²) >= 11 is 1.51. The number of halogens is 3. The molecule has 1 aliphatic rings. The molecule has 0 spiro atoms. The fourth-order valence-corrected chi connectivity index (χ4v) is 4.84. The molecule has 4 aromatic rings. The molecule has 3 heterocycles. The predicted octanol–water partition coefficient (Wildman–Crippen LogP) is 5.41. The minimum Gasteiger partial charge on any atom is -0.475 e. The highest BCUT2D eigenvalue weighted by atomic mass is 32.2. The summed E-state index contributed by atoms with van der Waals surface area (Å²) in [5.41, 5.74) is 11.6. The Morgan fingerprint density at radius 2 is 1.66 bits per heavy atom. The zero-order valence-electron chi connectivity index (χ0n) is 22.1. The molecule has 0 saturated carbocycles. The van der Waals surface area contributed by atoms with Crippen molar-refractivity contribution < 1.29 is 27.9 Å². The SMILES string of the molecule is CSc1ncc2cc(-c3ccccc3)c(-c3ccc(CN4CCC(C(N)=O)CC4)cc3)nc2n1.O=C(O)C(F)(F)F. The Kier molecular flexibility index (Phi) is 9.56. The summed E-state index contributed by atoms with van der Waals surface area (Å²) in [5.74, 6) is -2.91. The predicted molar refractivity (Wildman–Crippen MR) is 151 cm³/mol. The number of thioether (sulfide) groups is 1. The zero-order chi connectivity index (χ0) is 29.6. The second kappa shape index (κ2) is 13.1. The number of aromatic nitrogens is 3. The summed E-state index contributed by atoms with van der Waals surface area (Å²) in [5, 5.41) is 8.77. The summed E-state index contributed by atoms with van der Waals surface area (Å²) in [4.78, 5) is 36.7. The first-order valence-corrected chi connectivity index (χ1v) is 14.0. The van der Waals surface area contributed by atoms with Crippen LogP contribution in [0.15, 0.2) is 72.0 Å². The first-order chi connectivity index (χ1) is 19.5. The summed E-state index contributed by atoms with van der Waals surface area (Å²) < 4.78 is 31.7. The average molecular weight is 584 g/mol. The minimum atomic E-state index is -5.08. The lowest BCUT2D eigenvalue weighted by atomic mass is 9.95. The lowest BCUT2D eigenvalue weighted by Gasteiger charge is -2.30. The van der Waals surface area contributed by atoms with E-state index in [9.17, 15) is 18.0 Å². The number of amides is 1. The third-order valence-corrected chi connectivity index (χ3v) is 7.24. The molecule has 41 heavy (non-hydrogen) atoms. The van der Waals surface area contributed by atoms with Gasteiger partial charge in [0.05, 0.1) is 5.69 Å². The van der Waals surface area contributed by atoms with E-state index < -0.39 is 12.1 Å². The molecular formula is C29H28F3N5O3S. The maximum atomic E-state index is 11.4. The fourth-order valence-electron chi connectivity index (χ4n) is 4.51. The van der Waals surface area contributed by atoms with Crippen LogP contribution in [0.5, 0.6) is 0 Å². The van der Waals surface area contributed by atoms with Gasteiger partial charge in [0.25, 0.3) is 0 Å². The van der Waals surface area contributed by atoms with Crippen LogP contribution in [-0.4, -0.2) is 62.4 Å². The van der Waals surface area contributed by atoms with Crippen molar-refractivity contribution >= 4 is 34.7 Å². The molecule has 2 aromatic carbocycles. The summed E-state index contributed by atoms with van der Waals surface area (Å²) in [6.45, 7) is 2.67. The van der Waals surface area contributed by atoms with Crippen LogP contribution in [0.3, 0.4) is 0 Å². The first kappa shape index (κ1) is 29.9. The van der Waals surface area contributed by atoms with Gasteiger partial charge in [0.2, 0.25) is 5.91 Å². The molecule has 1 fully saturated rings. The molecule has 2 aromatic heterocycles. The van der Waals surface area contributed by atoms with Gasteiger partial charge in [-0.15, -0.1) is 0 Å². The Morgan fingerprint density at radius 1 is 1.02 bits per heavy atom. The van der Waals surface area contributed by atoms with Crippen LogP contribution in [0.1, 0.15) is 18.4 Å². The van der Waals surface area contributed by atoms with Crippen molar-refractivity contribution in [2.75, 3.05) is 19.3 Å². The summed E-state index contributed by atoms with van der Waals surface area (Å²) in [7, 11) is 0. The van der Waals surface area contributed by atoms with E-state index in [0.29, 0.717) is 10.8 Å². The van der Waals surface area contributed by atoms with Gasteiger partial charge in [-0.25, -0.2) is 19.7 Å². The highest BCUT2D eigenvalue weighted by Gasteiger charge is 2.38. The number of carboxylic acids is 1. The van der Waals surface area contributed by atoms with Crippen LogP contribution in [0.25, 0.3) is 33.4 Å². The normalized spacial score (nSPS) is 14.3. The topological polar surface area (TPSA) is 122 Å². The molecule has 0 radical (unpaired) electrons. The van der Waals surface area contributed by atoms with Gasteiger partial charge >= 0.3 is 12.1 Å². The molecule has 1 aliphatic heterocycles. The van der Waals surface area contributed by atoms with Crippen molar-refractivity contribution in [3.63, 3.8) is 0 Å². The minimum absolute atomic E-state index is 0.0180. The molecule has 8 nitrogen and oxygen atoms in total. The van der Waals surface area contributed by atoms with E-state index in [1.54, 1.807) is 0 Å². The summed E-state index contributed by atoms with van der Waals surface area (Å²) in [6.07, 6.45) is 0.418. The number of hydrogen-bond donors (Lipinski definition) is 2. The standard InChI is InChI=1S/C27H27N5OS.C2HF3O2/c1-34-27-29-16-22-15-23(19-5-3-2-4-6-19)24(30-26(22)31-27)20-9-7-18(8-10-20)17-32-13-11-21(12-14-32)25(28)33;3-2(4,5)1(6)7/h2-10,15-16,21H,11-14,17H2,1H3,(H2,28,33);(H,6,7). The Labute approximate surface area is 238 Å². The maximum Gasteiger partial charge on any atom is 0.490 e. The number of carboxylic acid groups (broad SMARTS) is 1. The number of pyridine rings is 1. The van der Waals surface area contributed by atoms with Crippen molar-refractivity contribution in [2.24, 2.45) is 11.7 Å². The van der Waals surface area contributed by atoms with E-state index >= 15 is 0 Å². The third kappa shape index (κ3) is 7.80. The maximum absolute atomic E-state index is 11.4. The number of alkyl halides is 3. The van der Waals surface area contributed by atoms with Crippen LogP contribution in [0.2, 0.25) is 0 Å². The Morgan fingerprint density at radius 3 is 2.22 bits per heavy atom. The van der Waals surface area contributed by atoms with Gasteiger partial charge in [-0.3, -0.25) is 9.69 Å². The van der Waals surface area contributed by atoms with E-state index in [2.05, 4.69) is 57.3 Å². The number of rotatable bonds is 6. The van der Waals surface area contributed by atoms with E-state index in [1.165, 1.54) is 17.3 Å². The molecule has 0 atom stereocenters. The molecule has 12 heteroatoms. The monoisotopic (exact) mass is 583 g/mol. The zero-order valence-corrected chi connectivity index (χ0v) is 23.0. The number of likely N-dealkylation sites (tertiary alicyclic amines) is 1. The molecular weight excluding hydrogens is 555 g/mol. The van der Waals surface area contributed by atoms with E-state index in [1.807, 2.05) is 30.7 Å². The lowest BCUT2D eigenvalue weighted by Crippen LogP contribution is -2.38. The molecule has 214 valence electrons.